The van der Waals surface area contributed by atoms with Crippen LogP contribution in [-0.4, -0.2) is 51.9 Å². The molecule has 2 aromatic rings. The molecule has 0 atom stereocenters. The van der Waals surface area contributed by atoms with Crippen LogP contribution < -0.4 is 10.2 Å². The van der Waals surface area contributed by atoms with Gasteiger partial charge in [0.05, 0.1) is 5.75 Å². The van der Waals surface area contributed by atoms with E-state index in [1.54, 1.807) is 0 Å². The van der Waals surface area contributed by atoms with Crippen molar-refractivity contribution in [2.75, 3.05) is 38.1 Å². The van der Waals surface area contributed by atoms with E-state index in [2.05, 4.69) is 22.3 Å². The Hall–Kier alpha value is -2.38. The van der Waals surface area contributed by atoms with Crippen molar-refractivity contribution in [1.29, 1.82) is 0 Å². The fraction of sp³-hybridized carbons (Fsp3) is 0.435. The van der Waals surface area contributed by atoms with Crippen LogP contribution in [0.5, 0.6) is 0 Å². The van der Waals surface area contributed by atoms with Crippen molar-refractivity contribution >= 4 is 21.6 Å². The maximum absolute atomic E-state index is 12.6. The molecule has 3 rings (SSSR count). The summed E-state index contributed by atoms with van der Waals surface area (Å²) >= 11 is 0. The van der Waals surface area contributed by atoms with Gasteiger partial charge < -0.3 is 10.2 Å². The second kappa shape index (κ2) is 10.6. The van der Waals surface area contributed by atoms with Gasteiger partial charge in [0.1, 0.15) is 0 Å². The molecule has 1 heterocycles. The molecule has 1 fully saturated rings. The third-order valence-corrected chi connectivity index (χ3v) is 7.43. The Labute approximate surface area is 179 Å². The topological polar surface area (TPSA) is 69.7 Å². The Morgan fingerprint density at radius 1 is 1.03 bits per heavy atom. The maximum Gasteiger partial charge on any atom is 0.223 e. The summed E-state index contributed by atoms with van der Waals surface area (Å²) in [6, 6.07) is 19.4. The molecule has 0 unspecified atom stereocenters. The lowest BCUT2D eigenvalue weighted by Gasteiger charge is -2.30. The highest BCUT2D eigenvalue weighted by atomic mass is 32.2. The van der Waals surface area contributed by atoms with Gasteiger partial charge in [-0.2, -0.15) is 0 Å². The molecule has 0 aromatic heterocycles. The molecule has 1 aliphatic heterocycles. The molecule has 6 nitrogen and oxygen atoms in total. The van der Waals surface area contributed by atoms with Crippen molar-refractivity contribution in [3.8, 4) is 0 Å². The number of carbonyl (C=O) groups is 1. The van der Waals surface area contributed by atoms with Crippen molar-refractivity contribution in [3.63, 3.8) is 0 Å². The fourth-order valence-corrected chi connectivity index (χ4v) is 5.32. The van der Waals surface area contributed by atoms with E-state index in [0.29, 0.717) is 32.5 Å². The maximum atomic E-state index is 12.6. The highest BCUT2D eigenvalue weighted by molar-refractivity contribution is 7.88. The van der Waals surface area contributed by atoms with E-state index >= 15 is 0 Å². The summed E-state index contributed by atoms with van der Waals surface area (Å²) in [5, 5.41) is 3.02. The molecule has 0 radical (unpaired) electrons. The lowest BCUT2D eigenvalue weighted by atomic mass is 9.97. The summed E-state index contributed by atoms with van der Waals surface area (Å²) in [5.41, 5.74) is 1.95. The number of carbonyl (C=O) groups excluding carboxylic acids is 1. The minimum Gasteiger partial charge on any atom is -0.375 e. The Kier molecular flexibility index (Phi) is 7.87. The average Bonchev–Trinajstić information content (AvgIpc) is 2.77. The van der Waals surface area contributed by atoms with Gasteiger partial charge in [0, 0.05) is 44.8 Å². The molecular weight excluding hydrogens is 398 g/mol. The lowest BCUT2D eigenvalue weighted by Crippen LogP contribution is -2.43. The van der Waals surface area contributed by atoms with Crippen molar-refractivity contribution < 1.29 is 13.2 Å². The number of anilines is 1. The largest absolute Gasteiger partial charge is 0.375 e. The van der Waals surface area contributed by atoms with Crippen molar-refractivity contribution in [2.45, 2.75) is 25.0 Å². The van der Waals surface area contributed by atoms with Crippen molar-refractivity contribution in [2.24, 2.45) is 5.92 Å². The number of hydrogen-bond donors (Lipinski definition) is 1. The minimum atomic E-state index is -3.35. The van der Waals surface area contributed by atoms with Gasteiger partial charge in [-0.1, -0.05) is 48.5 Å². The lowest BCUT2D eigenvalue weighted by molar-refractivity contribution is -0.126. The normalized spacial score (nSPS) is 15.6. The van der Waals surface area contributed by atoms with Crippen LogP contribution in [0.3, 0.4) is 0 Å². The minimum absolute atomic E-state index is 0.0135. The smallest absolute Gasteiger partial charge is 0.223 e. The van der Waals surface area contributed by atoms with Gasteiger partial charge in [-0.3, -0.25) is 4.79 Å². The molecule has 2 aromatic carbocycles. The molecule has 7 heteroatoms. The summed E-state index contributed by atoms with van der Waals surface area (Å²) in [7, 11) is -1.30. The molecule has 0 saturated carbocycles. The molecule has 0 spiro atoms. The standard InChI is InChI=1S/C23H31N3O3S/c1-25(22-11-6-3-7-12-22)16-8-15-24-23(27)21-13-17-26(18-14-21)30(28,29)19-20-9-4-2-5-10-20/h2-7,9-12,21H,8,13-19H2,1H3,(H,24,27). The molecular formula is C23H31N3O3S. The van der Waals surface area contributed by atoms with E-state index in [9.17, 15) is 13.2 Å². The molecule has 1 amide bonds. The number of amides is 1. The van der Waals surface area contributed by atoms with E-state index in [4.69, 9.17) is 0 Å². The van der Waals surface area contributed by atoms with Crippen LogP contribution >= 0.6 is 0 Å². The highest BCUT2D eigenvalue weighted by Gasteiger charge is 2.30. The van der Waals surface area contributed by atoms with Gasteiger partial charge >= 0.3 is 0 Å². The Bertz CT molecular complexity index is 896. The van der Waals surface area contributed by atoms with Gasteiger partial charge in [-0.15, -0.1) is 0 Å². The summed E-state index contributed by atoms with van der Waals surface area (Å²) < 4.78 is 26.8. The number of nitrogens with zero attached hydrogens (tertiary/aromatic N) is 2. The van der Waals surface area contributed by atoms with Crippen LogP contribution in [0.2, 0.25) is 0 Å². The molecule has 1 saturated heterocycles. The Morgan fingerprint density at radius 2 is 1.63 bits per heavy atom. The Balaban J connectivity index is 1.37. The number of benzene rings is 2. The van der Waals surface area contributed by atoms with Crippen molar-refractivity contribution in [1.82, 2.24) is 9.62 Å². The third-order valence-electron chi connectivity index (χ3n) is 5.58. The van der Waals surface area contributed by atoms with Gasteiger partial charge in [0.15, 0.2) is 0 Å². The zero-order valence-corrected chi connectivity index (χ0v) is 18.4. The summed E-state index contributed by atoms with van der Waals surface area (Å²) in [5.74, 6) is -0.0582. The molecule has 30 heavy (non-hydrogen) atoms. The number of para-hydroxylation sites is 1. The predicted octanol–water partition coefficient (Wildman–Crippen LogP) is 2.87. The number of nitrogens with one attached hydrogen (secondary N) is 1. The first-order valence-corrected chi connectivity index (χ1v) is 12.1. The van der Waals surface area contributed by atoms with Gasteiger partial charge in [-0.25, -0.2) is 12.7 Å². The van der Waals surface area contributed by atoms with Crippen LogP contribution in [0.1, 0.15) is 24.8 Å². The number of piperidine rings is 1. The van der Waals surface area contributed by atoms with Gasteiger partial charge in [0.25, 0.3) is 0 Å². The number of rotatable bonds is 9. The first-order chi connectivity index (χ1) is 14.5. The molecule has 1 N–H and O–H groups in total. The van der Waals surface area contributed by atoms with E-state index in [1.165, 1.54) is 4.31 Å². The molecule has 0 bridgehead atoms. The molecule has 1 aliphatic rings. The first kappa shape index (κ1) is 22.3. The Morgan fingerprint density at radius 3 is 2.27 bits per heavy atom. The highest BCUT2D eigenvalue weighted by Crippen LogP contribution is 2.22. The summed E-state index contributed by atoms with van der Waals surface area (Å²) in [6.07, 6.45) is 2.01. The van der Waals surface area contributed by atoms with Crippen molar-refractivity contribution in [3.05, 3.63) is 66.2 Å². The van der Waals surface area contributed by atoms with Crippen LogP contribution in [0.25, 0.3) is 0 Å². The van der Waals surface area contributed by atoms with E-state index in [0.717, 1.165) is 24.2 Å². The number of sulfonamides is 1. The zero-order chi connectivity index (χ0) is 21.4. The third kappa shape index (κ3) is 6.31. The van der Waals surface area contributed by atoms with Crippen LogP contribution in [-0.2, 0) is 20.6 Å². The second-order valence-corrected chi connectivity index (χ2v) is 9.79. The van der Waals surface area contributed by atoms with Crippen LogP contribution in [0, 0.1) is 5.92 Å². The molecule has 0 aliphatic carbocycles. The van der Waals surface area contributed by atoms with Gasteiger partial charge in [-0.05, 0) is 37.0 Å². The summed E-state index contributed by atoms with van der Waals surface area (Å²) in [6.45, 7) is 2.30. The second-order valence-electron chi connectivity index (χ2n) is 7.82. The van der Waals surface area contributed by atoms with E-state index in [-0.39, 0.29) is 17.6 Å². The monoisotopic (exact) mass is 429 g/mol. The summed E-state index contributed by atoms with van der Waals surface area (Å²) in [4.78, 5) is 14.6. The van der Waals surface area contributed by atoms with E-state index in [1.807, 2.05) is 55.6 Å². The SMILES string of the molecule is CN(CCCNC(=O)C1CCN(S(=O)(=O)Cc2ccccc2)CC1)c1ccccc1. The zero-order valence-electron chi connectivity index (χ0n) is 17.5. The van der Waals surface area contributed by atoms with Crippen LogP contribution in [0.4, 0.5) is 5.69 Å². The number of hydrogen-bond acceptors (Lipinski definition) is 4. The van der Waals surface area contributed by atoms with Gasteiger partial charge in [0.2, 0.25) is 15.9 Å². The van der Waals surface area contributed by atoms with Crippen LogP contribution in [0.15, 0.2) is 60.7 Å². The fourth-order valence-electron chi connectivity index (χ4n) is 3.76. The quantitative estimate of drug-likeness (QED) is 0.623. The molecule has 162 valence electrons. The predicted molar refractivity (Wildman–Crippen MR) is 121 cm³/mol. The average molecular weight is 430 g/mol. The first-order valence-electron chi connectivity index (χ1n) is 10.5. The van der Waals surface area contributed by atoms with E-state index < -0.39 is 10.0 Å².